The molecule has 0 aliphatic rings. The lowest BCUT2D eigenvalue weighted by molar-refractivity contribution is -0.146. The molecule has 1 atom stereocenters. The van der Waals surface area contributed by atoms with Gasteiger partial charge < -0.3 is 9.84 Å². The summed E-state index contributed by atoms with van der Waals surface area (Å²) in [5.41, 5.74) is 0. The molecule has 0 aromatic rings. The van der Waals surface area contributed by atoms with Crippen molar-refractivity contribution in [3.8, 4) is 0 Å². The number of esters is 1. The van der Waals surface area contributed by atoms with E-state index >= 15 is 0 Å². The Hall–Kier alpha value is -0.280. The van der Waals surface area contributed by atoms with Gasteiger partial charge in [0.05, 0.1) is 9.94 Å². The number of unbranched alkanes of at least 4 members (excludes halogenated alkanes) is 12. The lowest BCUT2D eigenvalue weighted by Crippen LogP contribution is -2.19. The fourth-order valence-electron chi connectivity index (χ4n) is 2.46. The summed E-state index contributed by atoms with van der Waals surface area (Å²) < 4.78 is 40.9. The van der Waals surface area contributed by atoms with Crippen LogP contribution in [0.5, 0.6) is 0 Å². The van der Waals surface area contributed by atoms with Gasteiger partial charge in [-0.3, -0.25) is 4.79 Å². The Balaban J connectivity index is 3.73. The van der Waals surface area contributed by atoms with Crippen LogP contribution in [-0.4, -0.2) is 29.5 Å². The number of aliphatic hydroxyl groups is 1. The topological polar surface area (TPSA) is 46.5 Å². The normalized spacial score (nSPS) is 18.1. The summed E-state index contributed by atoms with van der Waals surface area (Å²) in [5.74, 6) is -4.02. The molecule has 0 radical (unpaired) electrons. The molecule has 0 bridgehead atoms. The summed E-state index contributed by atoms with van der Waals surface area (Å²) in [6.45, 7) is -1.02. The molecule has 3 nitrogen and oxygen atoms in total. The molecule has 1 N–H and O–H groups in total. The molecule has 0 saturated carbocycles. The molecule has 0 aliphatic heterocycles. The number of halogens is 1. The lowest BCUT2D eigenvalue weighted by Gasteiger charge is -2.08. The molecule has 4 heteroatoms. The summed E-state index contributed by atoms with van der Waals surface area (Å²) in [6.07, 6.45) is 11.6. The van der Waals surface area contributed by atoms with Crippen LogP contribution in [0.4, 0.5) is 0 Å². The van der Waals surface area contributed by atoms with E-state index in [4.69, 9.17) is 18.5 Å². The second kappa shape index (κ2) is 18.1. The standard InChI is InChI=1S/C19H37ClO3/c1-2-3-4-5-6-7-8-9-10-11-12-13-14-15-19(22)23-17-18(21)16-20/h18,21H,2-17H2,1H3/i16D2,17D2,18D. The van der Waals surface area contributed by atoms with Crippen molar-refractivity contribution in [3.05, 3.63) is 0 Å². The van der Waals surface area contributed by atoms with Crippen molar-refractivity contribution in [1.29, 1.82) is 0 Å². The molecule has 23 heavy (non-hydrogen) atoms. The highest BCUT2D eigenvalue weighted by atomic mass is 35.5. The van der Waals surface area contributed by atoms with Gasteiger partial charge in [0, 0.05) is 9.16 Å². The number of rotatable bonds is 17. The predicted molar refractivity (Wildman–Crippen MR) is 98.0 cm³/mol. The minimum absolute atomic E-state index is 0.0430. The molecule has 0 saturated heterocycles. The highest BCUT2D eigenvalue weighted by Crippen LogP contribution is 2.13. The smallest absolute Gasteiger partial charge is 0.305 e. The van der Waals surface area contributed by atoms with E-state index in [1.165, 1.54) is 57.8 Å². The second-order valence-electron chi connectivity index (χ2n) is 6.01. The van der Waals surface area contributed by atoms with Crippen LogP contribution in [0, 0.1) is 0 Å². The van der Waals surface area contributed by atoms with Crippen LogP contribution in [-0.2, 0) is 9.53 Å². The van der Waals surface area contributed by atoms with Crippen molar-refractivity contribution in [3.63, 3.8) is 0 Å². The van der Waals surface area contributed by atoms with Crippen molar-refractivity contribution in [2.45, 2.75) is 103 Å². The highest BCUT2D eigenvalue weighted by Gasteiger charge is 2.07. The first kappa shape index (κ1) is 15.0. The quantitative estimate of drug-likeness (QED) is 0.210. The van der Waals surface area contributed by atoms with E-state index in [1.54, 1.807) is 0 Å². The van der Waals surface area contributed by atoms with E-state index in [2.05, 4.69) is 11.7 Å². The van der Waals surface area contributed by atoms with Crippen molar-refractivity contribution < 1.29 is 21.5 Å². The van der Waals surface area contributed by atoms with Crippen LogP contribution in [0.2, 0.25) is 0 Å². The van der Waals surface area contributed by atoms with E-state index < -0.39 is 24.4 Å². The minimum atomic E-state index is -3.41. The van der Waals surface area contributed by atoms with E-state index in [-0.39, 0.29) is 6.42 Å². The van der Waals surface area contributed by atoms with Crippen molar-refractivity contribution in [2.24, 2.45) is 0 Å². The Morgan fingerprint density at radius 1 is 1.00 bits per heavy atom. The van der Waals surface area contributed by atoms with E-state index in [1.807, 2.05) is 0 Å². The third-order valence-corrected chi connectivity index (χ3v) is 4.01. The van der Waals surface area contributed by atoms with Gasteiger partial charge in [-0.2, -0.15) is 0 Å². The molecule has 0 amide bonds. The maximum absolute atomic E-state index is 11.7. The van der Waals surface area contributed by atoms with Gasteiger partial charge in [0.1, 0.15) is 12.6 Å². The van der Waals surface area contributed by atoms with Crippen LogP contribution in [0.1, 0.15) is 104 Å². The molecule has 0 aromatic heterocycles. The summed E-state index contributed by atoms with van der Waals surface area (Å²) in [5, 5.41) is 9.62. The van der Waals surface area contributed by atoms with E-state index in [0.717, 1.165) is 19.3 Å². The molecular formula is C19H37ClO3. The second-order valence-corrected chi connectivity index (χ2v) is 6.20. The Morgan fingerprint density at radius 2 is 1.43 bits per heavy atom. The largest absolute Gasteiger partial charge is 0.463 e. The SMILES string of the molecule is [2H]C([2H])(Cl)C([2H])(O)C([2H])([2H])OC(=O)CCCCCCCCCCCCCCC. The summed E-state index contributed by atoms with van der Waals surface area (Å²) in [6, 6.07) is 0. The molecule has 0 heterocycles. The van der Waals surface area contributed by atoms with Crippen LogP contribution in [0.15, 0.2) is 0 Å². The minimum Gasteiger partial charge on any atom is -0.463 e. The molecule has 1 unspecified atom stereocenters. The van der Waals surface area contributed by atoms with Gasteiger partial charge in [-0.05, 0) is 6.42 Å². The maximum Gasteiger partial charge on any atom is 0.305 e. The maximum atomic E-state index is 11.7. The van der Waals surface area contributed by atoms with Crippen molar-refractivity contribution >= 4 is 17.6 Å². The fraction of sp³-hybridized carbons (Fsp3) is 0.947. The number of alkyl halides is 1. The zero-order chi connectivity index (χ0) is 21.7. The monoisotopic (exact) mass is 353 g/mol. The molecule has 138 valence electrons. The first-order valence-electron chi connectivity index (χ1n) is 11.6. The summed E-state index contributed by atoms with van der Waals surface area (Å²) >= 11 is 5.19. The fourth-order valence-corrected chi connectivity index (χ4v) is 2.50. The number of carbonyl (C=O) groups is 1. The van der Waals surface area contributed by atoms with E-state index in [9.17, 15) is 9.90 Å². The van der Waals surface area contributed by atoms with E-state index in [0.29, 0.717) is 6.42 Å². The molecule has 0 rings (SSSR count). The summed E-state index contributed by atoms with van der Waals surface area (Å²) in [4.78, 5) is 11.7. The van der Waals surface area contributed by atoms with Crippen LogP contribution < -0.4 is 0 Å². The average molecular weight is 354 g/mol. The number of hydrogen-bond donors (Lipinski definition) is 1. The average Bonchev–Trinajstić information content (AvgIpc) is 2.57. The zero-order valence-corrected chi connectivity index (χ0v) is 15.3. The van der Waals surface area contributed by atoms with Gasteiger partial charge in [-0.25, -0.2) is 0 Å². The predicted octanol–water partition coefficient (Wildman–Crippen LogP) is 5.61. The molecule has 0 aromatic carbocycles. The Kier molecular flexibility index (Phi) is 11.8. The molecule has 0 spiro atoms. The lowest BCUT2D eigenvalue weighted by atomic mass is 10.0. The third kappa shape index (κ3) is 17.9. The number of carbonyl (C=O) groups excluding carboxylic acids is 1. The number of ether oxygens (including phenoxy) is 1. The van der Waals surface area contributed by atoms with Gasteiger partial charge in [-0.1, -0.05) is 84.0 Å². The van der Waals surface area contributed by atoms with Gasteiger partial charge in [0.15, 0.2) is 0 Å². The van der Waals surface area contributed by atoms with Gasteiger partial charge in [0.25, 0.3) is 0 Å². The Labute approximate surface area is 155 Å². The van der Waals surface area contributed by atoms with Gasteiger partial charge in [-0.15, -0.1) is 11.6 Å². The summed E-state index contributed by atoms with van der Waals surface area (Å²) in [7, 11) is 0. The Morgan fingerprint density at radius 3 is 1.87 bits per heavy atom. The van der Waals surface area contributed by atoms with Gasteiger partial charge in [0.2, 0.25) is 0 Å². The zero-order valence-electron chi connectivity index (χ0n) is 19.5. The van der Waals surface area contributed by atoms with Crippen LogP contribution in [0.3, 0.4) is 0 Å². The van der Waals surface area contributed by atoms with Gasteiger partial charge >= 0.3 is 5.97 Å². The molecule has 0 aliphatic carbocycles. The Bertz CT molecular complexity index is 428. The first-order chi connectivity index (χ1) is 13.0. The van der Waals surface area contributed by atoms with Crippen LogP contribution >= 0.6 is 11.6 Å². The van der Waals surface area contributed by atoms with Crippen molar-refractivity contribution in [2.75, 3.05) is 12.4 Å². The van der Waals surface area contributed by atoms with Crippen molar-refractivity contribution in [1.82, 2.24) is 0 Å². The third-order valence-electron chi connectivity index (χ3n) is 3.84. The van der Waals surface area contributed by atoms with Crippen LogP contribution in [0.25, 0.3) is 0 Å². The molecule has 0 fully saturated rings. The molecular weight excluding hydrogens is 312 g/mol. The highest BCUT2D eigenvalue weighted by molar-refractivity contribution is 6.18. The first-order valence-corrected chi connectivity index (χ1v) is 9.46. The number of hydrogen-bond acceptors (Lipinski definition) is 3.